The van der Waals surface area contributed by atoms with Crippen LogP contribution in [0.2, 0.25) is 0 Å². The van der Waals surface area contributed by atoms with Crippen molar-refractivity contribution in [2.75, 3.05) is 18.9 Å². The van der Waals surface area contributed by atoms with Crippen molar-refractivity contribution in [3.8, 4) is 22.8 Å². The first-order valence-corrected chi connectivity index (χ1v) is 10.8. The van der Waals surface area contributed by atoms with Gasteiger partial charge >= 0.3 is 0 Å². The van der Waals surface area contributed by atoms with Crippen molar-refractivity contribution in [2.24, 2.45) is 0 Å². The maximum atomic E-state index is 12.6. The van der Waals surface area contributed by atoms with Gasteiger partial charge in [-0.05, 0) is 66.7 Å². The second-order valence-corrected chi connectivity index (χ2v) is 8.38. The summed E-state index contributed by atoms with van der Waals surface area (Å²) in [6.07, 6.45) is 0. The van der Waals surface area contributed by atoms with Gasteiger partial charge in [0.25, 0.3) is 10.0 Å². The Hall–Kier alpha value is -3.78. The van der Waals surface area contributed by atoms with Crippen LogP contribution in [-0.4, -0.2) is 22.6 Å². The Morgan fingerprint density at radius 1 is 0.806 bits per heavy atom. The number of sulfonamides is 1. The van der Waals surface area contributed by atoms with Crippen LogP contribution in [0.4, 0.5) is 5.69 Å². The smallest absolute Gasteiger partial charge is 0.261 e. The Labute approximate surface area is 178 Å². The van der Waals surface area contributed by atoms with Gasteiger partial charge in [0.15, 0.2) is 5.43 Å². The largest absolute Gasteiger partial charge is 0.497 e. The number of hydrogen-bond donors (Lipinski definition) is 1. The quantitative estimate of drug-likeness (QED) is 0.484. The van der Waals surface area contributed by atoms with E-state index in [1.165, 1.54) is 32.4 Å². The fourth-order valence-corrected chi connectivity index (χ4v) is 4.13. The molecule has 0 aliphatic carbocycles. The second-order valence-electron chi connectivity index (χ2n) is 6.70. The molecular weight excluding hydrogens is 418 g/mol. The van der Waals surface area contributed by atoms with Crippen LogP contribution in [0.25, 0.3) is 22.3 Å². The fraction of sp³-hybridized carbons (Fsp3) is 0.0870. The minimum Gasteiger partial charge on any atom is -0.497 e. The molecule has 158 valence electrons. The molecule has 1 heterocycles. The molecule has 0 aliphatic rings. The van der Waals surface area contributed by atoms with Gasteiger partial charge in [-0.2, -0.15) is 0 Å². The minimum atomic E-state index is -3.75. The molecule has 7 nitrogen and oxygen atoms in total. The molecule has 0 saturated heterocycles. The van der Waals surface area contributed by atoms with Crippen LogP contribution in [0, 0.1) is 0 Å². The topological polar surface area (TPSA) is 94.8 Å². The van der Waals surface area contributed by atoms with Gasteiger partial charge in [0, 0.05) is 17.3 Å². The lowest BCUT2D eigenvalue weighted by Crippen LogP contribution is -2.12. The highest BCUT2D eigenvalue weighted by Gasteiger charge is 2.15. The SMILES string of the molecule is COc1ccc(S(=O)(=O)Nc2ccc(-c3cc(=O)c4cc(OC)ccc4o3)cc2)cc1. The summed E-state index contributed by atoms with van der Waals surface area (Å²) < 4.78 is 43.7. The summed E-state index contributed by atoms with van der Waals surface area (Å²) in [5, 5.41) is 0.423. The van der Waals surface area contributed by atoms with Crippen molar-refractivity contribution in [3.63, 3.8) is 0 Å². The zero-order valence-electron chi connectivity index (χ0n) is 16.8. The van der Waals surface area contributed by atoms with Crippen LogP contribution in [0.1, 0.15) is 0 Å². The summed E-state index contributed by atoms with van der Waals surface area (Å²) in [6, 6.07) is 19.1. The third kappa shape index (κ3) is 4.24. The maximum Gasteiger partial charge on any atom is 0.261 e. The molecule has 4 aromatic rings. The monoisotopic (exact) mass is 437 g/mol. The normalized spacial score (nSPS) is 11.3. The Morgan fingerprint density at radius 2 is 1.45 bits per heavy atom. The third-order valence-electron chi connectivity index (χ3n) is 4.73. The molecule has 31 heavy (non-hydrogen) atoms. The van der Waals surface area contributed by atoms with E-state index in [9.17, 15) is 13.2 Å². The van der Waals surface area contributed by atoms with E-state index < -0.39 is 10.0 Å². The van der Waals surface area contributed by atoms with Gasteiger partial charge in [-0.25, -0.2) is 8.42 Å². The molecule has 1 N–H and O–H groups in total. The van der Waals surface area contributed by atoms with E-state index in [1.807, 2.05) is 0 Å². The van der Waals surface area contributed by atoms with E-state index >= 15 is 0 Å². The molecule has 0 saturated carbocycles. The lowest BCUT2D eigenvalue weighted by molar-refractivity contribution is 0.414. The molecule has 8 heteroatoms. The predicted octanol–water partition coefficient (Wildman–Crippen LogP) is 4.28. The van der Waals surface area contributed by atoms with Gasteiger partial charge in [-0.3, -0.25) is 9.52 Å². The van der Waals surface area contributed by atoms with Crippen molar-refractivity contribution in [1.29, 1.82) is 0 Å². The number of methoxy groups -OCH3 is 2. The summed E-state index contributed by atoms with van der Waals surface area (Å²) in [7, 11) is -0.708. The molecular formula is C23H19NO6S. The number of nitrogens with one attached hydrogen (secondary N) is 1. The van der Waals surface area contributed by atoms with Crippen LogP contribution in [0.3, 0.4) is 0 Å². The number of anilines is 1. The number of hydrogen-bond acceptors (Lipinski definition) is 6. The Bertz CT molecular complexity index is 1390. The molecule has 4 rings (SSSR count). The Balaban J connectivity index is 1.60. The highest BCUT2D eigenvalue weighted by atomic mass is 32.2. The first-order valence-electron chi connectivity index (χ1n) is 9.29. The Kier molecular flexibility index (Phi) is 5.39. The lowest BCUT2D eigenvalue weighted by atomic mass is 10.1. The van der Waals surface area contributed by atoms with Gasteiger partial charge in [-0.15, -0.1) is 0 Å². The average Bonchev–Trinajstić information content (AvgIpc) is 2.79. The molecule has 0 bridgehead atoms. The first-order chi connectivity index (χ1) is 14.9. The van der Waals surface area contributed by atoms with Crippen molar-refractivity contribution in [3.05, 3.63) is 83.0 Å². The van der Waals surface area contributed by atoms with Crippen LogP contribution in [0.5, 0.6) is 11.5 Å². The maximum absolute atomic E-state index is 12.6. The summed E-state index contributed by atoms with van der Waals surface area (Å²) in [5.41, 5.74) is 1.27. The molecule has 0 fully saturated rings. The lowest BCUT2D eigenvalue weighted by Gasteiger charge is -2.10. The summed E-state index contributed by atoms with van der Waals surface area (Å²) in [4.78, 5) is 12.6. The van der Waals surface area contributed by atoms with Crippen molar-refractivity contribution in [2.45, 2.75) is 4.90 Å². The molecule has 1 aromatic heterocycles. The van der Waals surface area contributed by atoms with Gasteiger partial charge in [0.05, 0.1) is 24.5 Å². The summed E-state index contributed by atoms with van der Waals surface area (Å²) in [5.74, 6) is 1.52. The highest BCUT2D eigenvalue weighted by molar-refractivity contribution is 7.92. The van der Waals surface area contributed by atoms with E-state index in [0.717, 1.165) is 0 Å². The second kappa shape index (κ2) is 8.16. The zero-order chi connectivity index (χ0) is 22.0. The van der Waals surface area contributed by atoms with E-state index in [2.05, 4.69) is 4.72 Å². The number of ether oxygens (including phenoxy) is 2. The van der Waals surface area contributed by atoms with Crippen molar-refractivity contribution >= 4 is 26.7 Å². The number of rotatable bonds is 6. The van der Waals surface area contributed by atoms with Gasteiger partial charge in [0.1, 0.15) is 22.8 Å². The molecule has 3 aromatic carbocycles. The predicted molar refractivity (Wildman–Crippen MR) is 118 cm³/mol. The molecule has 0 unspecified atom stereocenters. The van der Waals surface area contributed by atoms with Gasteiger partial charge in [0.2, 0.25) is 0 Å². The van der Waals surface area contributed by atoms with Crippen molar-refractivity contribution in [1.82, 2.24) is 0 Å². The number of benzene rings is 3. The van der Waals surface area contributed by atoms with E-state index in [0.29, 0.717) is 39.5 Å². The summed E-state index contributed by atoms with van der Waals surface area (Å²) >= 11 is 0. The van der Waals surface area contributed by atoms with Gasteiger partial charge in [-0.1, -0.05) is 0 Å². The highest BCUT2D eigenvalue weighted by Crippen LogP contribution is 2.26. The third-order valence-corrected chi connectivity index (χ3v) is 6.12. The molecule has 0 atom stereocenters. The standard InChI is InChI=1S/C23H19NO6S/c1-28-17-7-10-19(11-8-17)31(26,27)24-16-5-3-15(4-6-16)23-14-21(25)20-13-18(29-2)9-12-22(20)30-23/h3-14,24H,1-2H3. The van der Waals surface area contributed by atoms with Gasteiger partial charge < -0.3 is 13.9 Å². The minimum absolute atomic E-state index is 0.119. The molecule has 0 amide bonds. The van der Waals surface area contributed by atoms with Crippen LogP contribution in [0.15, 0.2) is 86.9 Å². The summed E-state index contributed by atoms with van der Waals surface area (Å²) in [6.45, 7) is 0. The molecule has 0 aliphatic heterocycles. The first kappa shape index (κ1) is 20.5. The van der Waals surface area contributed by atoms with Crippen molar-refractivity contribution < 1.29 is 22.3 Å². The Morgan fingerprint density at radius 3 is 2.10 bits per heavy atom. The van der Waals surface area contributed by atoms with Crippen LogP contribution in [-0.2, 0) is 10.0 Å². The number of fused-ring (bicyclic) bond motifs is 1. The van der Waals surface area contributed by atoms with Crippen LogP contribution < -0.4 is 19.6 Å². The molecule has 0 spiro atoms. The van der Waals surface area contributed by atoms with Crippen LogP contribution >= 0.6 is 0 Å². The van der Waals surface area contributed by atoms with E-state index in [4.69, 9.17) is 13.9 Å². The van der Waals surface area contributed by atoms with E-state index in [-0.39, 0.29) is 10.3 Å². The van der Waals surface area contributed by atoms with E-state index in [1.54, 1.807) is 54.6 Å². The average molecular weight is 437 g/mol. The fourth-order valence-electron chi connectivity index (χ4n) is 3.08. The zero-order valence-corrected chi connectivity index (χ0v) is 17.6. The molecule has 0 radical (unpaired) electrons.